The Bertz CT molecular complexity index is 470. The zero-order valence-electron chi connectivity index (χ0n) is 13.4. The Balaban J connectivity index is 1.81. The van der Waals surface area contributed by atoms with Crippen LogP contribution in [0.1, 0.15) is 45.1 Å². The second kappa shape index (κ2) is 6.69. The Hall–Kier alpha value is -1.22. The van der Waals surface area contributed by atoms with Crippen molar-refractivity contribution in [1.29, 1.82) is 0 Å². The molecule has 1 saturated carbocycles. The van der Waals surface area contributed by atoms with Crippen LogP contribution in [0.3, 0.4) is 0 Å². The smallest absolute Gasteiger partial charge is 0.151 e. The zero-order valence-corrected chi connectivity index (χ0v) is 13.4. The van der Waals surface area contributed by atoms with Crippen LogP contribution in [0, 0.1) is 11.2 Å². The van der Waals surface area contributed by atoms with Gasteiger partial charge in [0.05, 0.1) is 6.54 Å². The second-order valence-electron chi connectivity index (χ2n) is 7.15. The van der Waals surface area contributed by atoms with Crippen LogP contribution in [0.25, 0.3) is 0 Å². The number of halogens is 1. The highest BCUT2D eigenvalue weighted by atomic mass is 19.1. The summed E-state index contributed by atoms with van der Waals surface area (Å²) in [6.07, 6.45) is 5.20. The van der Waals surface area contributed by atoms with E-state index in [1.165, 1.54) is 37.8 Å². The fourth-order valence-electron chi connectivity index (χ4n) is 3.12. The molecule has 0 radical (unpaired) electrons. The highest BCUT2D eigenvalue weighted by molar-refractivity contribution is 5.82. The van der Waals surface area contributed by atoms with Gasteiger partial charge in [0.1, 0.15) is 5.82 Å². The van der Waals surface area contributed by atoms with Crippen LogP contribution in [0.5, 0.6) is 0 Å². The average Bonchev–Trinajstić information content (AvgIpc) is 2.41. The fourth-order valence-corrected chi connectivity index (χ4v) is 3.12. The first kappa shape index (κ1) is 16.2. The summed E-state index contributed by atoms with van der Waals surface area (Å²) in [5.74, 6) is -0.0536. The van der Waals surface area contributed by atoms with Crippen molar-refractivity contribution in [2.24, 2.45) is 5.41 Å². The van der Waals surface area contributed by atoms with E-state index < -0.39 is 0 Å². The number of ketones is 1. The first-order valence-electron chi connectivity index (χ1n) is 7.82. The number of benzene rings is 1. The molecule has 1 aliphatic rings. The molecule has 0 aliphatic heterocycles. The molecule has 0 aromatic heterocycles. The minimum absolute atomic E-state index is 0.203. The maximum absolute atomic E-state index is 12.8. The van der Waals surface area contributed by atoms with Gasteiger partial charge in [-0.25, -0.2) is 4.39 Å². The molecule has 1 aromatic carbocycles. The van der Waals surface area contributed by atoms with Crippen LogP contribution >= 0.6 is 0 Å². The molecule has 0 N–H and O–H groups in total. The third kappa shape index (κ3) is 4.92. The highest BCUT2D eigenvalue weighted by Gasteiger charge is 2.29. The third-order valence-corrected chi connectivity index (χ3v) is 4.67. The van der Waals surface area contributed by atoms with Crippen molar-refractivity contribution >= 4 is 5.78 Å². The summed E-state index contributed by atoms with van der Waals surface area (Å²) in [6, 6.07) is 6.73. The van der Waals surface area contributed by atoms with Crippen LogP contribution in [0.15, 0.2) is 24.3 Å². The Morgan fingerprint density at radius 2 is 1.81 bits per heavy atom. The summed E-state index contributed by atoms with van der Waals surface area (Å²) in [4.78, 5) is 14.3. The SMILES string of the molecule is CN(CC(=O)Cc1ccc(F)cc1)C1CCC(C)(C)CC1. The monoisotopic (exact) mass is 291 g/mol. The molecule has 0 atom stereocenters. The summed E-state index contributed by atoms with van der Waals surface area (Å²) < 4.78 is 12.8. The largest absolute Gasteiger partial charge is 0.298 e. The van der Waals surface area contributed by atoms with E-state index in [0.29, 0.717) is 24.4 Å². The van der Waals surface area contributed by atoms with E-state index in [4.69, 9.17) is 0 Å². The number of nitrogens with zero attached hydrogens (tertiary/aromatic N) is 1. The molecular formula is C18H26FNO. The molecule has 0 saturated heterocycles. The maximum Gasteiger partial charge on any atom is 0.151 e. The summed E-state index contributed by atoms with van der Waals surface area (Å²) in [5.41, 5.74) is 1.34. The van der Waals surface area contributed by atoms with Gasteiger partial charge >= 0.3 is 0 Å². The van der Waals surface area contributed by atoms with Gasteiger partial charge in [0, 0.05) is 12.5 Å². The van der Waals surface area contributed by atoms with Crippen LogP contribution in [-0.4, -0.2) is 30.3 Å². The second-order valence-corrected chi connectivity index (χ2v) is 7.15. The quantitative estimate of drug-likeness (QED) is 0.821. The molecule has 3 heteroatoms. The van der Waals surface area contributed by atoms with Crippen molar-refractivity contribution in [1.82, 2.24) is 4.90 Å². The van der Waals surface area contributed by atoms with Gasteiger partial charge in [-0.1, -0.05) is 26.0 Å². The molecule has 0 amide bonds. The van der Waals surface area contributed by atoms with Gasteiger partial charge in [0.25, 0.3) is 0 Å². The lowest BCUT2D eigenvalue weighted by atomic mass is 9.75. The van der Waals surface area contributed by atoms with Crippen molar-refractivity contribution in [3.63, 3.8) is 0 Å². The lowest BCUT2D eigenvalue weighted by Gasteiger charge is -2.38. The van der Waals surface area contributed by atoms with Gasteiger partial charge < -0.3 is 0 Å². The van der Waals surface area contributed by atoms with Gasteiger partial charge in [0.15, 0.2) is 5.78 Å². The van der Waals surface area contributed by atoms with Gasteiger partial charge in [-0.2, -0.15) is 0 Å². The van der Waals surface area contributed by atoms with Gasteiger partial charge in [-0.3, -0.25) is 9.69 Å². The Labute approximate surface area is 127 Å². The molecule has 2 nitrogen and oxygen atoms in total. The molecule has 116 valence electrons. The van der Waals surface area contributed by atoms with E-state index in [0.717, 1.165) is 5.56 Å². The maximum atomic E-state index is 12.8. The molecule has 1 aliphatic carbocycles. The lowest BCUT2D eigenvalue weighted by Crippen LogP contribution is -2.40. The zero-order chi connectivity index (χ0) is 15.5. The number of rotatable bonds is 5. The van der Waals surface area contributed by atoms with Crippen molar-refractivity contribution in [3.8, 4) is 0 Å². The van der Waals surface area contributed by atoms with Crippen molar-refractivity contribution < 1.29 is 9.18 Å². The summed E-state index contributed by atoms with van der Waals surface area (Å²) in [7, 11) is 2.05. The molecule has 0 unspecified atom stereocenters. The average molecular weight is 291 g/mol. The van der Waals surface area contributed by atoms with Gasteiger partial charge in [-0.15, -0.1) is 0 Å². The number of hydrogen-bond donors (Lipinski definition) is 0. The number of carbonyl (C=O) groups excluding carboxylic acids is 1. The minimum Gasteiger partial charge on any atom is -0.298 e. The normalized spacial score (nSPS) is 18.9. The van der Waals surface area contributed by atoms with Crippen molar-refractivity contribution in [3.05, 3.63) is 35.6 Å². The summed E-state index contributed by atoms with van der Waals surface area (Å²) in [5, 5.41) is 0. The Morgan fingerprint density at radius 1 is 1.24 bits per heavy atom. The van der Waals surface area contributed by atoms with E-state index in [1.54, 1.807) is 12.1 Å². The van der Waals surface area contributed by atoms with Crippen molar-refractivity contribution in [2.75, 3.05) is 13.6 Å². The molecule has 0 spiro atoms. The molecule has 1 aromatic rings. The third-order valence-electron chi connectivity index (χ3n) is 4.67. The van der Waals surface area contributed by atoms with Gasteiger partial charge in [0.2, 0.25) is 0 Å². The van der Waals surface area contributed by atoms with Crippen molar-refractivity contribution in [2.45, 2.75) is 52.0 Å². The topological polar surface area (TPSA) is 20.3 Å². The van der Waals surface area contributed by atoms with E-state index in [1.807, 2.05) is 7.05 Å². The fraction of sp³-hybridized carbons (Fsp3) is 0.611. The van der Waals surface area contributed by atoms with Crippen LogP contribution < -0.4 is 0 Å². The molecule has 0 heterocycles. The number of carbonyl (C=O) groups is 1. The predicted molar refractivity (Wildman–Crippen MR) is 83.8 cm³/mol. The first-order valence-corrected chi connectivity index (χ1v) is 7.82. The molecular weight excluding hydrogens is 265 g/mol. The first-order chi connectivity index (χ1) is 9.85. The molecule has 2 rings (SSSR count). The standard InChI is InChI=1S/C18H26FNO/c1-18(2)10-8-16(9-11-18)20(3)13-17(21)12-14-4-6-15(19)7-5-14/h4-7,16H,8-13H2,1-3H3. The highest BCUT2D eigenvalue weighted by Crippen LogP contribution is 2.36. The Morgan fingerprint density at radius 3 is 2.38 bits per heavy atom. The van der Waals surface area contributed by atoms with Crippen LogP contribution in [0.4, 0.5) is 4.39 Å². The predicted octanol–water partition coefficient (Wildman–Crippen LogP) is 3.84. The summed E-state index contributed by atoms with van der Waals surface area (Å²) in [6.45, 7) is 5.13. The molecule has 0 bridgehead atoms. The molecule has 1 fully saturated rings. The number of likely N-dealkylation sites (N-methyl/N-ethyl adjacent to an activating group) is 1. The van der Waals surface area contributed by atoms with Crippen LogP contribution in [0.2, 0.25) is 0 Å². The Kier molecular flexibility index (Phi) is 5.15. The van der Waals surface area contributed by atoms with E-state index in [9.17, 15) is 9.18 Å². The van der Waals surface area contributed by atoms with E-state index in [-0.39, 0.29) is 11.6 Å². The number of Topliss-reactive ketones (excluding diaryl/α,β-unsaturated/α-hetero) is 1. The number of hydrogen-bond acceptors (Lipinski definition) is 2. The lowest BCUT2D eigenvalue weighted by molar-refractivity contribution is -0.120. The van der Waals surface area contributed by atoms with E-state index >= 15 is 0 Å². The van der Waals surface area contributed by atoms with Crippen LogP contribution in [-0.2, 0) is 11.2 Å². The molecule has 21 heavy (non-hydrogen) atoms. The van der Waals surface area contributed by atoms with Gasteiger partial charge in [-0.05, 0) is 55.8 Å². The minimum atomic E-state index is -0.256. The van der Waals surface area contributed by atoms with E-state index in [2.05, 4.69) is 18.7 Å². The summed E-state index contributed by atoms with van der Waals surface area (Å²) >= 11 is 0.